The summed E-state index contributed by atoms with van der Waals surface area (Å²) in [6.45, 7) is 6.44. The van der Waals surface area contributed by atoms with Crippen LogP contribution in [0, 0.1) is 0 Å². The predicted octanol–water partition coefficient (Wildman–Crippen LogP) is 4.86. The molecular weight excluding hydrogens is 238 g/mol. The van der Waals surface area contributed by atoms with Crippen LogP contribution in [-0.4, -0.2) is 12.3 Å². The zero-order chi connectivity index (χ0) is 13.1. The van der Waals surface area contributed by atoms with Crippen molar-refractivity contribution in [2.45, 2.75) is 57.4 Å². The SMILES string of the molecule is CCCCCCCSc1cccc(CNCC)c1. The topological polar surface area (TPSA) is 12.0 Å². The number of nitrogens with one attached hydrogen (secondary N) is 1. The Morgan fingerprint density at radius 2 is 1.89 bits per heavy atom. The minimum Gasteiger partial charge on any atom is -0.313 e. The van der Waals surface area contributed by atoms with Crippen molar-refractivity contribution in [2.75, 3.05) is 12.3 Å². The van der Waals surface area contributed by atoms with Gasteiger partial charge in [0.1, 0.15) is 0 Å². The van der Waals surface area contributed by atoms with Crippen LogP contribution in [0.5, 0.6) is 0 Å². The summed E-state index contributed by atoms with van der Waals surface area (Å²) in [5.41, 5.74) is 1.40. The lowest BCUT2D eigenvalue weighted by molar-refractivity contribution is 0.659. The fourth-order valence-electron chi connectivity index (χ4n) is 1.91. The van der Waals surface area contributed by atoms with Gasteiger partial charge in [0.25, 0.3) is 0 Å². The van der Waals surface area contributed by atoms with E-state index in [1.807, 2.05) is 11.8 Å². The third kappa shape index (κ3) is 7.07. The van der Waals surface area contributed by atoms with Gasteiger partial charge in [0.2, 0.25) is 0 Å². The summed E-state index contributed by atoms with van der Waals surface area (Å²) >= 11 is 2.00. The Bertz CT molecular complexity index is 312. The highest BCUT2D eigenvalue weighted by atomic mass is 32.2. The van der Waals surface area contributed by atoms with E-state index in [2.05, 4.69) is 43.4 Å². The lowest BCUT2D eigenvalue weighted by atomic mass is 10.2. The number of hydrogen-bond acceptors (Lipinski definition) is 2. The number of hydrogen-bond donors (Lipinski definition) is 1. The van der Waals surface area contributed by atoms with Crippen LogP contribution in [0.3, 0.4) is 0 Å². The van der Waals surface area contributed by atoms with Crippen LogP contribution in [0.4, 0.5) is 0 Å². The first-order chi connectivity index (χ1) is 8.86. The van der Waals surface area contributed by atoms with E-state index in [0.717, 1.165) is 13.1 Å². The lowest BCUT2D eigenvalue weighted by Gasteiger charge is -2.06. The van der Waals surface area contributed by atoms with E-state index in [1.54, 1.807) is 0 Å². The van der Waals surface area contributed by atoms with E-state index >= 15 is 0 Å². The molecule has 1 rings (SSSR count). The minimum atomic E-state index is 0.987. The standard InChI is InChI=1S/C16H27NS/c1-3-5-6-7-8-12-18-16-11-9-10-15(13-16)14-17-4-2/h9-11,13,17H,3-8,12,14H2,1-2H3. The van der Waals surface area contributed by atoms with Gasteiger partial charge in [0.05, 0.1) is 0 Å². The zero-order valence-corrected chi connectivity index (χ0v) is 12.7. The average Bonchev–Trinajstić information content (AvgIpc) is 2.41. The molecule has 0 fully saturated rings. The van der Waals surface area contributed by atoms with Crippen LogP contribution in [-0.2, 0) is 6.54 Å². The third-order valence-electron chi connectivity index (χ3n) is 2.99. The second-order valence-electron chi connectivity index (χ2n) is 4.69. The molecule has 2 heteroatoms. The van der Waals surface area contributed by atoms with Crippen LogP contribution < -0.4 is 5.32 Å². The fraction of sp³-hybridized carbons (Fsp3) is 0.625. The first-order valence-corrected chi connectivity index (χ1v) is 8.27. The molecule has 0 aliphatic rings. The lowest BCUT2D eigenvalue weighted by Crippen LogP contribution is -2.11. The number of benzene rings is 1. The molecule has 0 bridgehead atoms. The minimum absolute atomic E-state index is 0.987. The maximum absolute atomic E-state index is 3.37. The van der Waals surface area contributed by atoms with Crippen molar-refractivity contribution < 1.29 is 0 Å². The molecule has 0 saturated heterocycles. The molecule has 1 N–H and O–H groups in total. The van der Waals surface area contributed by atoms with Gasteiger partial charge in [-0.2, -0.15) is 0 Å². The summed E-state index contributed by atoms with van der Waals surface area (Å²) < 4.78 is 0. The van der Waals surface area contributed by atoms with Gasteiger partial charge in [0, 0.05) is 11.4 Å². The Labute approximate surface area is 117 Å². The van der Waals surface area contributed by atoms with Crippen LogP contribution in [0.15, 0.2) is 29.2 Å². The molecule has 1 aromatic rings. The summed E-state index contributed by atoms with van der Waals surface area (Å²) in [5, 5.41) is 3.37. The van der Waals surface area contributed by atoms with Gasteiger partial charge in [-0.25, -0.2) is 0 Å². The molecule has 0 aliphatic heterocycles. The summed E-state index contributed by atoms with van der Waals surface area (Å²) in [7, 11) is 0. The van der Waals surface area contributed by atoms with E-state index < -0.39 is 0 Å². The molecule has 0 unspecified atom stereocenters. The summed E-state index contributed by atoms with van der Waals surface area (Å²) in [6, 6.07) is 8.92. The van der Waals surface area contributed by atoms with Crippen LogP contribution in [0.25, 0.3) is 0 Å². The normalized spacial score (nSPS) is 10.8. The van der Waals surface area contributed by atoms with E-state index in [9.17, 15) is 0 Å². The van der Waals surface area contributed by atoms with Gasteiger partial charge >= 0.3 is 0 Å². The average molecular weight is 265 g/mol. The first kappa shape index (κ1) is 15.6. The molecule has 1 nitrogen and oxygen atoms in total. The second-order valence-corrected chi connectivity index (χ2v) is 5.86. The van der Waals surface area contributed by atoms with Crippen molar-refractivity contribution in [3.63, 3.8) is 0 Å². The van der Waals surface area contributed by atoms with Crippen molar-refractivity contribution in [1.82, 2.24) is 5.32 Å². The fourth-order valence-corrected chi connectivity index (χ4v) is 2.90. The second kappa shape index (κ2) is 10.5. The molecular formula is C16H27NS. The third-order valence-corrected chi connectivity index (χ3v) is 4.07. The summed E-state index contributed by atoms with van der Waals surface area (Å²) in [4.78, 5) is 1.42. The molecule has 0 aromatic heterocycles. The first-order valence-electron chi connectivity index (χ1n) is 7.29. The Balaban J connectivity index is 2.20. The van der Waals surface area contributed by atoms with Crippen molar-refractivity contribution in [3.05, 3.63) is 29.8 Å². The van der Waals surface area contributed by atoms with E-state index in [1.165, 1.54) is 48.3 Å². The Morgan fingerprint density at radius 1 is 1.06 bits per heavy atom. The van der Waals surface area contributed by atoms with Crippen molar-refractivity contribution in [1.29, 1.82) is 0 Å². The molecule has 0 aliphatic carbocycles. The van der Waals surface area contributed by atoms with Crippen molar-refractivity contribution in [2.24, 2.45) is 0 Å². The summed E-state index contributed by atoms with van der Waals surface area (Å²) in [5.74, 6) is 1.26. The van der Waals surface area contributed by atoms with E-state index in [4.69, 9.17) is 0 Å². The zero-order valence-electron chi connectivity index (χ0n) is 11.9. The van der Waals surface area contributed by atoms with Crippen molar-refractivity contribution in [3.8, 4) is 0 Å². The molecule has 0 radical (unpaired) electrons. The van der Waals surface area contributed by atoms with Gasteiger partial charge in [-0.3, -0.25) is 0 Å². The molecule has 0 spiro atoms. The highest BCUT2D eigenvalue weighted by Crippen LogP contribution is 2.21. The van der Waals surface area contributed by atoms with Gasteiger partial charge in [-0.15, -0.1) is 11.8 Å². The van der Waals surface area contributed by atoms with Crippen molar-refractivity contribution >= 4 is 11.8 Å². The highest BCUT2D eigenvalue weighted by molar-refractivity contribution is 7.99. The maximum Gasteiger partial charge on any atom is 0.0205 e. The monoisotopic (exact) mass is 265 g/mol. The number of thioether (sulfide) groups is 1. The Morgan fingerprint density at radius 3 is 2.67 bits per heavy atom. The van der Waals surface area contributed by atoms with E-state index in [0.29, 0.717) is 0 Å². The van der Waals surface area contributed by atoms with Gasteiger partial charge in [-0.05, 0) is 36.4 Å². The maximum atomic E-state index is 3.37. The molecule has 0 amide bonds. The molecule has 0 atom stereocenters. The largest absolute Gasteiger partial charge is 0.313 e. The Kier molecular flexibility index (Phi) is 9.05. The summed E-state index contributed by atoms with van der Waals surface area (Å²) in [6.07, 6.45) is 6.86. The predicted molar refractivity (Wildman–Crippen MR) is 83.3 cm³/mol. The van der Waals surface area contributed by atoms with E-state index in [-0.39, 0.29) is 0 Å². The number of rotatable bonds is 10. The van der Waals surface area contributed by atoms with Crippen LogP contribution >= 0.6 is 11.8 Å². The Hall–Kier alpha value is -0.470. The molecule has 0 heterocycles. The van der Waals surface area contributed by atoms with Crippen LogP contribution in [0.2, 0.25) is 0 Å². The van der Waals surface area contributed by atoms with Gasteiger partial charge in [0.15, 0.2) is 0 Å². The highest BCUT2D eigenvalue weighted by Gasteiger charge is 1.97. The number of unbranched alkanes of at least 4 members (excludes halogenated alkanes) is 4. The molecule has 1 aromatic carbocycles. The van der Waals surface area contributed by atoms with Crippen LogP contribution in [0.1, 0.15) is 51.5 Å². The quantitative estimate of drug-likeness (QED) is 0.479. The molecule has 0 saturated carbocycles. The molecule has 18 heavy (non-hydrogen) atoms. The smallest absolute Gasteiger partial charge is 0.0205 e. The van der Waals surface area contributed by atoms with Gasteiger partial charge in [-0.1, -0.05) is 51.7 Å². The molecule has 102 valence electrons. The van der Waals surface area contributed by atoms with Gasteiger partial charge < -0.3 is 5.32 Å².